The standard InChI is InChI=1S/C25H27NO4/c1-16(25(27)28-3)21-11-9-19-15-20(10-12-22(19)21)29-14-13-23-17(2)30-24(26-23)18-7-5-4-6-8-18/h4-8,10,12,15-16,21H,9,11,13-14H2,1-3H3. The maximum Gasteiger partial charge on any atom is 0.308 e. The summed E-state index contributed by atoms with van der Waals surface area (Å²) in [5.74, 6) is 2.26. The van der Waals surface area contributed by atoms with Crippen molar-refractivity contribution in [2.45, 2.75) is 39.0 Å². The molecule has 0 amide bonds. The van der Waals surface area contributed by atoms with E-state index in [-0.39, 0.29) is 17.8 Å². The molecule has 0 saturated heterocycles. The number of oxazole rings is 1. The monoisotopic (exact) mass is 405 g/mol. The first-order valence-electron chi connectivity index (χ1n) is 10.4. The van der Waals surface area contributed by atoms with Crippen LogP contribution in [0.25, 0.3) is 11.5 Å². The number of carbonyl (C=O) groups is 1. The molecule has 1 aliphatic carbocycles. The molecule has 2 aromatic carbocycles. The van der Waals surface area contributed by atoms with Crippen LogP contribution in [0.2, 0.25) is 0 Å². The first-order chi connectivity index (χ1) is 14.6. The molecule has 0 radical (unpaired) electrons. The van der Waals surface area contributed by atoms with Crippen molar-refractivity contribution in [2.75, 3.05) is 13.7 Å². The van der Waals surface area contributed by atoms with E-state index in [2.05, 4.69) is 17.1 Å². The number of hydrogen-bond donors (Lipinski definition) is 0. The predicted molar refractivity (Wildman–Crippen MR) is 115 cm³/mol. The highest BCUT2D eigenvalue weighted by Crippen LogP contribution is 2.40. The van der Waals surface area contributed by atoms with Crippen LogP contribution in [0.3, 0.4) is 0 Å². The van der Waals surface area contributed by atoms with E-state index in [0.29, 0.717) is 18.9 Å². The molecule has 156 valence electrons. The topological polar surface area (TPSA) is 61.6 Å². The maximum absolute atomic E-state index is 11.9. The lowest BCUT2D eigenvalue weighted by atomic mass is 9.89. The Labute approximate surface area is 177 Å². The Balaban J connectivity index is 1.38. The molecular weight excluding hydrogens is 378 g/mol. The third kappa shape index (κ3) is 4.11. The number of ether oxygens (including phenoxy) is 2. The van der Waals surface area contributed by atoms with Gasteiger partial charge in [-0.2, -0.15) is 0 Å². The second-order valence-corrected chi connectivity index (χ2v) is 7.80. The zero-order chi connectivity index (χ0) is 21.1. The zero-order valence-corrected chi connectivity index (χ0v) is 17.7. The molecule has 2 unspecified atom stereocenters. The van der Waals surface area contributed by atoms with Gasteiger partial charge in [0.1, 0.15) is 11.5 Å². The Bertz CT molecular complexity index is 1020. The van der Waals surface area contributed by atoms with Gasteiger partial charge in [-0.05, 0) is 61.1 Å². The summed E-state index contributed by atoms with van der Waals surface area (Å²) < 4.78 is 16.7. The Hall–Kier alpha value is -3.08. The van der Waals surface area contributed by atoms with E-state index in [1.807, 2.05) is 50.2 Å². The molecule has 5 nitrogen and oxygen atoms in total. The molecule has 0 N–H and O–H groups in total. The smallest absolute Gasteiger partial charge is 0.308 e. The number of carbonyl (C=O) groups excluding carboxylic acids is 1. The lowest BCUT2D eigenvalue weighted by Gasteiger charge is -2.18. The SMILES string of the molecule is COC(=O)C(C)C1CCc2cc(OCCc3nc(-c4ccccc4)oc3C)ccc21. The molecule has 0 fully saturated rings. The summed E-state index contributed by atoms with van der Waals surface area (Å²) >= 11 is 0. The van der Waals surface area contributed by atoms with Crippen molar-refractivity contribution in [1.29, 1.82) is 0 Å². The molecule has 4 rings (SSSR count). The van der Waals surface area contributed by atoms with E-state index in [0.717, 1.165) is 35.6 Å². The quantitative estimate of drug-likeness (QED) is 0.511. The highest BCUT2D eigenvalue weighted by molar-refractivity contribution is 5.73. The number of nitrogens with zero attached hydrogens (tertiary/aromatic N) is 1. The van der Waals surface area contributed by atoms with Gasteiger partial charge in [0, 0.05) is 12.0 Å². The normalized spacial score (nSPS) is 16.2. The minimum Gasteiger partial charge on any atom is -0.493 e. The lowest BCUT2D eigenvalue weighted by Crippen LogP contribution is -2.19. The molecule has 0 aliphatic heterocycles. The van der Waals surface area contributed by atoms with Crippen molar-refractivity contribution >= 4 is 5.97 Å². The second kappa shape index (κ2) is 8.74. The predicted octanol–water partition coefficient (Wildman–Crippen LogP) is 5.11. The molecule has 3 aromatic rings. The molecule has 1 aromatic heterocycles. The van der Waals surface area contributed by atoms with E-state index in [4.69, 9.17) is 13.9 Å². The summed E-state index contributed by atoms with van der Waals surface area (Å²) in [6, 6.07) is 16.1. The molecule has 5 heteroatoms. The number of aryl methyl sites for hydroxylation is 2. The molecule has 0 bridgehead atoms. The highest BCUT2D eigenvalue weighted by Gasteiger charge is 2.32. The van der Waals surface area contributed by atoms with Gasteiger partial charge in [0.15, 0.2) is 0 Å². The fourth-order valence-electron chi connectivity index (χ4n) is 4.22. The van der Waals surface area contributed by atoms with Crippen molar-refractivity contribution in [3.8, 4) is 17.2 Å². The maximum atomic E-state index is 11.9. The second-order valence-electron chi connectivity index (χ2n) is 7.80. The molecule has 0 spiro atoms. The van der Waals surface area contributed by atoms with Crippen molar-refractivity contribution in [1.82, 2.24) is 4.98 Å². The number of esters is 1. The molecule has 1 heterocycles. The van der Waals surface area contributed by atoms with Crippen LogP contribution < -0.4 is 4.74 Å². The number of benzene rings is 2. The Morgan fingerprint density at radius 2 is 2.03 bits per heavy atom. The number of hydrogen-bond acceptors (Lipinski definition) is 5. The number of fused-ring (bicyclic) bond motifs is 1. The van der Waals surface area contributed by atoms with Crippen LogP contribution in [-0.4, -0.2) is 24.7 Å². The van der Waals surface area contributed by atoms with Crippen molar-refractivity contribution < 1.29 is 18.7 Å². The zero-order valence-electron chi connectivity index (χ0n) is 17.7. The summed E-state index contributed by atoms with van der Waals surface area (Å²) in [4.78, 5) is 16.5. The largest absolute Gasteiger partial charge is 0.493 e. The Morgan fingerprint density at radius 1 is 1.23 bits per heavy atom. The molecule has 0 saturated carbocycles. The van der Waals surface area contributed by atoms with Crippen LogP contribution in [-0.2, 0) is 22.4 Å². The van der Waals surface area contributed by atoms with E-state index >= 15 is 0 Å². The van der Waals surface area contributed by atoms with Gasteiger partial charge in [-0.3, -0.25) is 4.79 Å². The average Bonchev–Trinajstić information content (AvgIpc) is 3.36. The lowest BCUT2D eigenvalue weighted by molar-refractivity contribution is -0.145. The third-order valence-corrected chi connectivity index (χ3v) is 5.94. The summed E-state index contributed by atoms with van der Waals surface area (Å²) in [6.07, 6.45) is 2.61. The van der Waals surface area contributed by atoms with Gasteiger partial charge >= 0.3 is 5.97 Å². The van der Waals surface area contributed by atoms with Gasteiger partial charge in [0.25, 0.3) is 0 Å². The van der Waals surface area contributed by atoms with Gasteiger partial charge in [-0.15, -0.1) is 0 Å². The number of rotatable bonds is 7. The van der Waals surface area contributed by atoms with Gasteiger partial charge in [0.2, 0.25) is 5.89 Å². The summed E-state index contributed by atoms with van der Waals surface area (Å²) in [7, 11) is 1.45. The Kier molecular flexibility index (Phi) is 5.88. The average molecular weight is 405 g/mol. The van der Waals surface area contributed by atoms with Crippen molar-refractivity contribution in [3.05, 3.63) is 71.1 Å². The fraction of sp³-hybridized carbons (Fsp3) is 0.360. The summed E-state index contributed by atoms with van der Waals surface area (Å²) in [5, 5.41) is 0. The van der Waals surface area contributed by atoms with Crippen LogP contribution in [0.4, 0.5) is 0 Å². The highest BCUT2D eigenvalue weighted by atomic mass is 16.5. The molecular formula is C25H27NO4. The van der Waals surface area contributed by atoms with Crippen LogP contribution in [0.5, 0.6) is 5.75 Å². The van der Waals surface area contributed by atoms with Crippen molar-refractivity contribution in [2.24, 2.45) is 5.92 Å². The first-order valence-corrected chi connectivity index (χ1v) is 10.4. The summed E-state index contributed by atoms with van der Waals surface area (Å²) in [6.45, 7) is 4.41. The molecule has 1 aliphatic rings. The minimum absolute atomic E-state index is 0.128. The van der Waals surface area contributed by atoms with Crippen molar-refractivity contribution in [3.63, 3.8) is 0 Å². The van der Waals surface area contributed by atoms with Gasteiger partial charge in [0.05, 0.1) is 25.3 Å². The van der Waals surface area contributed by atoms with Crippen LogP contribution >= 0.6 is 0 Å². The minimum atomic E-state index is -0.147. The number of aromatic nitrogens is 1. The first kappa shape index (κ1) is 20.2. The molecule has 2 atom stereocenters. The number of methoxy groups -OCH3 is 1. The van der Waals surface area contributed by atoms with Crippen LogP contribution in [0, 0.1) is 12.8 Å². The summed E-state index contributed by atoms with van der Waals surface area (Å²) in [5.41, 5.74) is 4.39. The van der Waals surface area contributed by atoms with E-state index in [1.165, 1.54) is 18.2 Å². The van der Waals surface area contributed by atoms with Gasteiger partial charge < -0.3 is 13.9 Å². The van der Waals surface area contributed by atoms with E-state index < -0.39 is 0 Å². The van der Waals surface area contributed by atoms with E-state index in [9.17, 15) is 4.79 Å². The Morgan fingerprint density at radius 3 is 2.80 bits per heavy atom. The van der Waals surface area contributed by atoms with Gasteiger partial charge in [-0.25, -0.2) is 4.98 Å². The fourth-order valence-corrected chi connectivity index (χ4v) is 4.22. The molecule has 30 heavy (non-hydrogen) atoms. The van der Waals surface area contributed by atoms with Gasteiger partial charge in [-0.1, -0.05) is 31.2 Å². The third-order valence-electron chi connectivity index (χ3n) is 5.94. The van der Waals surface area contributed by atoms with Crippen LogP contribution in [0.1, 0.15) is 41.8 Å². The van der Waals surface area contributed by atoms with Crippen LogP contribution in [0.15, 0.2) is 52.9 Å². The van der Waals surface area contributed by atoms with E-state index in [1.54, 1.807) is 0 Å².